The summed E-state index contributed by atoms with van der Waals surface area (Å²) in [5, 5.41) is 19.2. The lowest BCUT2D eigenvalue weighted by Crippen LogP contribution is -2.50. The zero-order valence-corrected chi connectivity index (χ0v) is 18.4. The summed E-state index contributed by atoms with van der Waals surface area (Å²) < 4.78 is 93.4. The number of carboxylic acids is 1. The van der Waals surface area contributed by atoms with Gasteiger partial charge in [0.1, 0.15) is 0 Å². The van der Waals surface area contributed by atoms with E-state index in [1.54, 1.807) is 4.90 Å². The molecule has 4 rings (SSSR count). The van der Waals surface area contributed by atoms with Crippen LogP contribution in [0.5, 0.6) is 0 Å². The first kappa shape index (κ1) is 25.7. The van der Waals surface area contributed by atoms with Crippen LogP contribution in [0, 0.1) is 5.92 Å². The van der Waals surface area contributed by atoms with Crippen molar-refractivity contribution in [1.82, 2.24) is 4.90 Å². The molecule has 35 heavy (non-hydrogen) atoms. The van der Waals surface area contributed by atoms with E-state index < -0.39 is 41.1 Å². The molecule has 2 aliphatic carbocycles. The third-order valence-electron chi connectivity index (χ3n) is 7.82. The number of alkyl halides is 7. The topological polar surface area (TPSA) is 77.8 Å². The van der Waals surface area contributed by atoms with Gasteiger partial charge in [0.15, 0.2) is 5.60 Å². The van der Waals surface area contributed by atoms with Crippen LogP contribution in [0.1, 0.15) is 61.1 Å². The van der Waals surface area contributed by atoms with Crippen molar-refractivity contribution in [3.8, 4) is 0 Å². The van der Waals surface area contributed by atoms with Crippen molar-refractivity contribution < 1.29 is 50.5 Å². The number of nitrogens with zero attached hydrogens (tertiary/aromatic N) is 1. The number of benzene rings is 1. The van der Waals surface area contributed by atoms with Crippen molar-refractivity contribution in [3.05, 3.63) is 34.9 Å². The maximum Gasteiger partial charge on any atom is 0.435 e. The normalized spacial score (nSPS) is 29.5. The molecule has 1 saturated heterocycles. The highest BCUT2D eigenvalue weighted by atomic mass is 19.4. The fourth-order valence-corrected chi connectivity index (χ4v) is 5.83. The van der Waals surface area contributed by atoms with Crippen LogP contribution in [0.15, 0.2) is 18.2 Å². The van der Waals surface area contributed by atoms with Crippen LogP contribution in [-0.2, 0) is 21.7 Å². The molecule has 2 atom stereocenters. The molecule has 1 saturated carbocycles. The van der Waals surface area contributed by atoms with Crippen LogP contribution in [-0.4, -0.2) is 57.5 Å². The molecule has 1 aromatic carbocycles. The molecule has 5 nitrogen and oxygen atoms in total. The van der Waals surface area contributed by atoms with E-state index in [0.717, 1.165) is 6.07 Å². The molecule has 0 aromatic heterocycles. The summed E-state index contributed by atoms with van der Waals surface area (Å²) in [5.74, 6) is -2.30. The Kier molecular flexibility index (Phi) is 6.13. The Morgan fingerprint density at radius 2 is 1.54 bits per heavy atom. The third kappa shape index (κ3) is 4.07. The summed E-state index contributed by atoms with van der Waals surface area (Å²) in [6.45, 7) is 0.340. The van der Waals surface area contributed by atoms with E-state index in [2.05, 4.69) is 0 Å². The fraction of sp³-hybridized carbons (Fsp3) is 0.652. The van der Waals surface area contributed by atoms with Crippen molar-refractivity contribution in [3.63, 3.8) is 0 Å². The number of hydrogen-bond donors (Lipinski definition) is 2. The fourth-order valence-electron chi connectivity index (χ4n) is 5.83. The highest BCUT2D eigenvalue weighted by molar-refractivity contribution is 5.81. The van der Waals surface area contributed by atoms with Gasteiger partial charge in [-0.3, -0.25) is 4.79 Å². The quantitative estimate of drug-likeness (QED) is 0.581. The molecule has 3 aliphatic rings. The van der Waals surface area contributed by atoms with Gasteiger partial charge in [0.25, 0.3) is 0 Å². The number of rotatable bonds is 3. The van der Waals surface area contributed by atoms with E-state index in [-0.39, 0.29) is 55.5 Å². The second kappa shape index (κ2) is 8.35. The minimum Gasteiger partial charge on any atom is -0.479 e. The minimum atomic E-state index is -6.18. The number of carbonyl (C=O) groups is 2. The molecule has 194 valence electrons. The van der Waals surface area contributed by atoms with Crippen molar-refractivity contribution in [2.75, 3.05) is 6.54 Å². The largest absolute Gasteiger partial charge is 0.479 e. The maximum atomic E-state index is 14.5. The molecular weight excluding hydrogens is 487 g/mol. The summed E-state index contributed by atoms with van der Waals surface area (Å²) in [4.78, 5) is 26.0. The molecular formula is C23H24F7NO4. The SMILES string of the molecule is O=C(C1CCC(O)(C(=O)O)CC1)N1CC[C@H]2c3ccc(C(F)(C(F)(F)F)C(F)(F)F)cc3CC[C@H]21. The Morgan fingerprint density at radius 1 is 0.943 bits per heavy atom. The number of aliphatic hydroxyl groups is 1. The first-order chi connectivity index (χ1) is 16.1. The molecule has 1 aliphatic heterocycles. The number of carboxylic acid groups (broad SMARTS) is 1. The van der Waals surface area contributed by atoms with Crippen LogP contribution < -0.4 is 0 Å². The molecule has 2 N–H and O–H groups in total. The first-order valence-electron chi connectivity index (χ1n) is 11.3. The number of likely N-dealkylation sites (tertiary alicyclic amines) is 1. The lowest BCUT2D eigenvalue weighted by atomic mass is 9.76. The number of fused-ring (bicyclic) bond motifs is 3. The summed E-state index contributed by atoms with van der Waals surface area (Å²) in [7, 11) is 0. The maximum absolute atomic E-state index is 14.5. The van der Waals surface area contributed by atoms with Gasteiger partial charge < -0.3 is 15.1 Å². The van der Waals surface area contributed by atoms with Crippen molar-refractivity contribution >= 4 is 11.9 Å². The number of aryl methyl sites for hydroxylation is 1. The summed E-state index contributed by atoms with van der Waals surface area (Å²) in [5.41, 5.74) is -8.13. The highest BCUT2D eigenvalue weighted by Gasteiger charge is 2.73. The number of halogens is 7. The number of hydrogen-bond acceptors (Lipinski definition) is 3. The van der Waals surface area contributed by atoms with Crippen LogP contribution in [0.2, 0.25) is 0 Å². The zero-order chi connectivity index (χ0) is 26.0. The van der Waals surface area contributed by atoms with Gasteiger partial charge in [-0.2, -0.15) is 26.3 Å². The lowest BCUT2D eigenvalue weighted by Gasteiger charge is -2.38. The monoisotopic (exact) mass is 511 g/mol. The molecule has 1 heterocycles. The highest BCUT2D eigenvalue weighted by Crippen LogP contribution is 2.54. The smallest absolute Gasteiger partial charge is 0.435 e. The predicted molar refractivity (Wildman–Crippen MR) is 107 cm³/mol. The number of carbonyl (C=O) groups excluding carboxylic acids is 1. The van der Waals surface area contributed by atoms with Gasteiger partial charge in [0.05, 0.1) is 0 Å². The van der Waals surface area contributed by atoms with Gasteiger partial charge >= 0.3 is 24.0 Å². The number of aliphatic carboxylic acids is 1. The first-order valence-corrected chi connectivity index (χ1v) is 11.3. The minimum absolute atomic E-state index is 0.0598. The Morgan fingerprint density at radius 3 is 2.09 bits per heavy atom. The van der Waals surface area contributed by atoms with E-state index in [0.29, 0.717) is 37.1 Å². The van der Waals surface area contributed by atoms with Crippen LogP contribution in [0.4, 0.5) is 30.7 Å². The van der Waals surface area contributed by atoms with E-state index >= 15 is 0 Å². The van der Waals surface area contributed by atoms with Gasteiger partial charge in [-0.25, -0.2) is 9.18 Å². The van der Waals surface area contributed by atoms with Crippen molar-refractivity contribution in [1.29, 1.82) is 0 Å². The van der Waals surface area contributed by atoms with Gasteiger partial charge in [-0.1, -0.05) is 18.2 Å². The van der Waals surface area contributed by atoms with Crippen LogP contribution in [0.25, 0.3) is 0 Å². The molecule has 1 aromatic rings. The Labute approximate surface area is 195 Å². The van der Waals surface area contributed by atoms with Gasteiger partial charge in [0, 0.05) is 30.0 Å². The molecule has 0 bridgehead atoms. The summed E-state index contributed by atoms with van der Waals surface area (Å²) in [6.07, 6.45) is -11.2. The summed E-state index contributed by atoms with van der Waals surface area (Å²) >= 11 is 0. The lowest BCUT2D eigenvalue weighted by molar-refractivity contribution is -0.348. The molecule has 0 radical (unpaired) electrons. The van der Waals surface area contributed by atoms with E-state index in [4.69, 9.17) is 5.11 Å². The Bertz CT molecular complexity index is 1000. The second-order valence-electron chi connectivity index (χ2n) is 9.71. The molecule has 1 amide bonds. The van der Waals surface area contributed by atoms with Crippen molar-refractivity contribution in [2.45, 2.75) is 80.5 Å². The van der Waals surface area contributed by atoms with Crippen LogP contribution in [0.3, 0.4) is 0 Å². The average molecular weight is 511 g/mol. The van der Waals surface area contributed by atoms with Gasteiger partial charge in [-0.05, 0) is 56.1 Å². The summed E-state index contributed by atoms with van der Waals surface area (Å²) in [6, 6.07) is 1.97. The number of amides is 1. The van der Waals surface area contributed by atoms with Crippen molar-refractivity contribution in [2.24, 2.45) is 5.92 Å². The molecule has 0 spiro atoms. The predicted octanol–water partition coefficient (Wildman–Crippen LogP) is 4.61. The standard InChI is InChI=1S/C23H24F7NO4/c24-21(22(25,26)27,23(28,29)30)14-2-3-15-13(11-14)1-4-17-16(15)7-10-31(17)18(32)12-5-8-20(35,9-6-12)19(33)34/h2-3,11-12,16-17,35H,1,4-10H2,(H,33,34)/t12?,16-,17+,20?/m0/s1. The van der Waals surface area contributed by atoms with Gasteiger partial charge in [-0.15, -0.1) is 0 Å². The molecule has 2 fully saturated rings. The second-order valence-corrected chi connectivity index (χ2v) is 9.71. The van der Waals surface area contributed by atoms with E-state index in [1.165, 1.54) is 0 Å². The Hall–Kier alpha value is -2.37. The third-order valence-corrected chi connectivity index (χ3v) is 7.82. The van der Waals surface area contributed by atoms with E-state index in [1.807, 2.05) is 0 Å². The molecule has 0 unspecified atom stereocenters. The van der Waals surface area contributed by atoms with E-state index in [9.17, 15) is 45.4 Å². The van der Waals surface area contributed by atoms with Gasteiger partial charge in [0.2, 0.25) is 5.91 Å². The Balaban J connectivity index is 1.54. The van der Waals surface area contributed by atoms with Crippen LogP contribution >= 0.6 is 0 Å². The zero-order valence-electron chi connectivity index (χ0n) is 18.4. The molecule has 12 heteroatoms. The average Bonchev–Trinajstić information content (AvgIpc) is 3.21.